The van der Waals surface area contributed by atoms with Crippen LogP contribution >= 0.6 is 0 Å². The van der Waals surface area contributed by atoms with Crippen LogP contribution in [0.1, 0.15) is 5.56 Å². The Morgan fingerprint density at radius 1 is 0.848 bits per heavy atom. The summed E-state index contributed by atoms with van der Waals surface area (Å²) in [7, 11) is 0. The number of carbonyl (C=O) groups excluding carboxylic acids is 2. The quantitative estimate of drug-likeness (QED) is 0.363. The molecule has 2 aliphatic rings. The van der Waals surface area contributed by atoms with Crippen LogP contribution in [0.3, 0.4) is 0 Å². The van der Waals surface area contributed by atoms with Crippen molar-refractivity contribution in [3.8, 4) is 11.5 Å². The molecule has 0 bridgehead atoms. The minimum Gasteiger partial charge on any atom is -0.486 e. The first-order valence-corrected chi connectivity index (χ1v) is 10.1. The van der Waals surface area contributed by atoms with Crippen LogP contribution in [0.5, 0.6) is 11.5 Å². The molecule has 0 saturated heterocycles. The molecule has 5 rings (SSSR count). The Kier molecular flexibility index (Phi) is 4.98. The lowest BCUT2D eigenvalue weighted by atomic mass is 10.0. The fourth-order valence-electron chi connectivity index (χ4n) is 3.74. The number of rotatable bonds is 5. The predicted octanol–water partition coefficient (Wildman–Crippen LogP) is 3.76. The van der Waals surface area contributed by atoms with Crippen LogP contribution in [0, 0.1) is 10.1 Å². The van der Waals surface area contributed by atoms with Crippen molar-refractivity contribution < 1.29 is 24.0 Å². The number of nitrogens with zero attached hydrogens (tertiary/aromatic N) is 2. The molecule has 2 heterocycles. The Morgan fingerprint density at radius 3 is 2.24 bits per heavy atom. The van der Waals surface area contributed by atoms with Gasteiger partial charge in [0.15, 0.2) is 11.5 Å². The third-order valence-electron chi connectivity index (χ3n) is 5.28. The van der Waals surface area contributed by atoms with Gasteiger partial charge in [0.25, 0.3) is 17.5 Å². The van der Waals surface area contributed by atoms with Gasteiger partial charge in [-0.25, -0.2) is 4.90 Å². The number of amides is 2. The molecular weight excluding hydrogens is 426 g/mol. The van der Waals surface area contributed by atoms with Crippen LogP contribution in [-0.2, 0) is 9.59 Å². The number of anilines is 2. The van der Waals surface area contributed by atoms with Crippen LogP contribution in [0.25, 0.3) is 5.57 Å². The summed E-state index contributed by atoms with van der Waals surface area (Å²) >= 11 is 0. The number of nitrogens with one attached hydrogen (secondary N) is 1. The van der Waals surface area contributed by atoms with Crippen molar-refractivity contribution in [2.24, 2.45) is 0 Å². The van der Waals surface area contributed by atoms with Gasteiger partial charge >= 0.3 is 0 Å². The van der Waals surface area contributed by atoms with Crippen LogP contribution in [-0.4, -0.2) is 30.0 Å². The molecule has 0 fully saturated rings. The fraction of sp³-hybridized carbons (Fsp3) is 0.0833. The smallest absolute Gasteiger partial charge is 0.282 e. The van der Waals surface area contributed by atoms with E-state index in [1.54, 1.807) is 48.5 Å². The summed E-state index contributed by atoms with van der Waals surface area (Å²) < 4.78 is 11.1. The lowest BCUT2D eigenvalue weighted by Crippen LogP contribution is -2.32. The largest absolute Gasteiger partial charge is 0.486 e. The third-order valence-corrected chi connectivity index (χ3v) is 5.28. The maximum Gasteiger partial charge on any atom is 0.282 e. The summed E-state index contributed by atoms with van der Waals surface area (Å²) in [5.74, 6) is 0.0612. The number of fused-ring (bicyclic) bond motifs is 1. The number of hydrogen-bond acceptors (Lipinski definition) is 7. The normalized spacial score (nSPS) is 15.1. The van der Waals surface area contributed by atoms with E-state index in [2.05, 4.69) is 5.32 Å². The maximum atomic E-state index is 13.4. The number of hydrogen-bond donors (Lipinski definition) is 1. The SMILES string of the molecule is O=C1C(Nc2ccc3c(c2)OCCO3)=C(c2ccc([N+](=O)[O-])cc2)C(=O)N1c1ccccc1. The summed E-state index contributed by atoms with van der Waals surface area (Å²) in [5.41, 5.74) is 1.41. The molecule has 3 aromatic rings. The number of imide groups is 1. The molecule has 0 aromatic heterocycles. The van der Waals surface area contributed by atoms with Crippen LogP contribution in [0.2, 0.25) is 0 Å². The number of nitro groups is 1. The molecule has 0 spiro atoms. The molecule has 0 aliphatic carbocycles. The number of carbonyl (C=O) groups is 2. The van der Waals surface area contributed by atoms with E-state index in [0.29, 0.717) is 41.7 Å². The average Bonchev–Trinajstić information content (AvgIpc) is 3.08. The Morgan fingerprint density at radius 2 is 1.55 bits per heavy atom. The lowest BCUT2D eigenvalue weighted by Gasteiger charge is -2.19. The van der Waals surface area contributed by atoms with Gasteiger partial charge in [-0.2, -0.15) is 0 Å². The van der Waals surface area contributed by atoms with Crippen LogP contribution in [0.4, 0.5) is 17.1 Å². The van der Waals surface area contributed by atoms with Crippen molar-refractivity contribution in [1.29, 1.82) is 0 Å². The molecule has 0 radical (unpaired) electrons. The van der Waals surface area contributed by atoms with Crippen molar-refractivity contribution in [2.75, 3.05) is 23.4 Å². The van der Waals surface area contributed by atoms with Gasteiger partial charge in [0, 0.05) is 23.9 Å². The number of benzene rings is 3. The van der Waals surface area contributed by atoms with Gasteiger partial charge in [-0.15, -0.1) is 0 Å². The lowest BCUT2D eigenvalue weighted by molar-refractivity contribution is -0.384. The molecule has 2 amide bonds. The van der Waals surface area contributed by atoms with Crippen LogP contribution in [0.15, 0.2) is 78.5 Å². The highest BCUT2D eigenvalue weighted by molar-refractivity contribution is 6.46. The van der Waals surface area contributed by atoms with E-state index in [1.807, 2.05) is 0 Å². The van der Waals surface area contributed by atoms with E-state index in [-0.39, 0.29) is 17.0 Å². The van der Waals surface area contributed by atoms with Gasteiger partial charge in [-0.1, -0.05) is 18.2 Å². The maximum absolute atomic E-state index is 13.4. The summed E-state index contributed by atoms with van der Waals surface area (Å²) in [6.07, 6.45) is 0. The summed E-state index contributed by atoms with van der Waals surface area (Å²) in [4.78, 5) is 38.4. The molecular formula is C24H17N3O6. The van der Waals surface area contributed by atoms with Gasteiger partial charge < -0.3 is 14.8 Å². The number of nitro benzene ring substituents is 1. The molecule has 2 aliphatic heterocycles. The van der Waals surface area contributed by atoms with Gasteiger partial charge in [0.05, 0.1) is 16.2 Å². The summed E-state index contributed by atoms with van der Waals surface area (Å²) in [5, 5.41) is 14.1. The van der Waals surface area contributed by atoms with Crippen molar-refractivity contribution >= 4 is 34.4 Å². The minimum absolute atomic E-state index is 0.0642. The topological polar surface area (TPSA) is 111 Å². The second kappa shape index (κ2) is 8.12. The molecule has 9 heteroatoms. The van der Waals surface area contributed by atoms with E-state index >= 15 is 0 Å². The van der Waals surface area contributed by atoms with Crippen molar-refractivity contribution in [3.05, 3.63) is 94.2 Å². The van der Waals surface area contributed by atoms with Gasteiger partial charge in [-0.3, -0.25) is 19.7 Å². The van der Waals surface area contributed by atoms with E-state index in [1.165, 1.54) is 24.3 Å². The predicted molar refractivity (Wildman–Crippen MR) is 120 cm³/mol. The summed E-state index contributed by atoms with van der Waals surface area (Å²) in [6.45, 7) is 0.862. The zero-order valence-corrected chi connectivity index (χ0v) is 17.2. The number of non-ortho nitro benzene ring substituents is 1. The first-order valence-electron chi connectivity index (χ1n) is 10.1. The molecule has 0 unspecified atom stereocenters. The zero-order valence-electron chi connectivity index (χ0n) is 17.2. The van der Waals surface area contributed by atoms with Crippen molar-refractivity contribution in [3.63, 3.8) is 0 Å². The molecule has 164 valence electrons. The second-order valence-electron chi connectivity index (χ2n) is 7.32. The van der Waals surface area contributed by atoms with Gasteiger partial charge in [0.1, 0.15) is 18.9 Å². The van der Waals surface area contributed by atoms with Crippen molar-refractivity contribution in [2.45, 2.75) is 0 Å². The molecule has 9 nitrogen and oxygen atoms in total. The zero-order chi connectivity index (χ0) is 22.9. The first kappa shape index (κ1) is 20.3. The highest BCUT2D eigenvalue weighted by atomic mass is 16.6. The van der Waals surface area contributed by atoms with Gasteiger partial charge in [0.2, 0.25) is 0 Å². The molecule has 0 saturated carbocycles. The minimum atomic E-state index is -0.533. The highest BCUT2D eigenvalue weighted by Gasteiger charge is 2.40. The third kappa shape index (κ3) is 3.65. The molecule has 3 aromatic carbocycles. The average molecular weight is 443 g/mol. The Hall–Kier alpha value is -4.66. The standard InChI is InChI=1S/C24H17N3O6/c28-23-21(15-6-9-18(10-7-15)27(30)31)22(24(29)26(23)17-4-2-1-3-5-17)25-16-8-11-19-20(14-16)33-13-12-32-19/h1-11,14,25H,12-13H2. The Balaban J connectivity index is 1.58. The molecule has 1 N–H and O–H groups in total. The van der Waals surface area contributed by atoms with Crippen molar-refractivity contribution in [1.82, 2.24) is 0 Å². The van der Waals surface area contributed by atoms with Gasteiger partial charge in [-0.05, 0) is 42.0 Å². The first-order chi connectivity index (χ1) is 16.0. The monoisotopic (exact) mass is 443 g/mol. The second-order valence-corrected chi connectivity index (χ2v) is 7.32. The number of ether oxygens (including phenoxy) is 2. The van der Waals surface area contributed by atoms with E-state index in [9.17, 15) is 19.7 Å². The Labute approximate surface area is 188 Å². The van der Waals surface area contributed by atoms with Crippen LogP contribution < -0.4 is 19.7 Å². The molecule has 33 heavy (non-hydrogen) atoms. The molecule has 0 atom stereocenters. The van der Waals surface area contributed by atoms with E-state index in [0.717, 1.165) is 4.90 Å². The van der Waals surface area contributed by atoms with E-state index in [4.69, 9.17) is 9.47 Å². The summed E-state index contributed by atoms with van der Waals surface area (Å²) in [6, 6.07) is 19.2. The van der Waals surface area contributed by atoms with E-state index < -0.39 is 16.7 Å². The number of para-hydroxylation sites is 1. The Bertz CT molecular complexity index is 1300. The fourth-order valence-corrected chi connectivity index (χ4v) is 3.74. The highest BCUT2D eigenvalue weighted by Crippen LogP contribution is 2.37.